The quantitative estimate of drug-likeness (QED) is 0.306. The van der Waals surface area contributed by atoms with E-state index in [1.807, 2.05) is 54.6 Å². The van der Waals surface area contributed by atoms with Crippen LogP contribution in [0.15, 0.2) is 115 Å². The predicted octanol–water partition coefficient (Wildman–Crippen LogP) is 5.77. The molecule has 0 aromatic heterocycles. The molecule has 0 aliphatic carbocycles. The third-order valence-corrected chi connectivity index (χ3v) is 17.4. The van der Waals surface area contributed by atoms with Crippen molar-refractivity contribution in [2.45, 2.75) is 12.1 Å². The van der Waals surface area contributed by atoms with E-state index in [-0.39, 0.29) is 17.4 Å². The van der Waals surface area contributed by atoms with Crippen molar-refractivity contribution in [2.24, 2.45) is 0 Å². The number of carbonyl (C=O) groups excluding carboxylic acids is 1. The number of halogens is 2. The summed E-state index contributed by atoms with van der Waals surface area (Å²) in [6.07, 6.45) is 0.664. The van der Waals surface area contributed by atoms with Gasteiger partial charge in [0.15, 0.2) is 0 Å². The van der Waals surface area contributed by atoms with Crippen molar-refractivity contribution in [3.05, 3.63) is 121 Å². The zero-order valence-electron chi connectivity index (χ0n) is 18.0. The fourth-order valence-corrected chi connectivity index (χ4v) is 13.8. The van der Waals surface area contributed by atoms with Crippen LogP contribution in [0, 0.1) is 5.82 Å². The Morgan fingerprint density at radius 1 is 0.727 bits per heavy atom. The first-order valence-electron chi connectivity index (χ1n) is 11.0. The first-order valence-corrected chi connectivity index (χ1v) is 15.3. The summed E-state index contributed by atoms with van der Waals surface area (Å²) >= 11 is 4.41. The Morgan fingerprint density at radius 2 is 1.21 bits per heavy atom. The van der Waals surface area contributed by atoms with Crippen molar-refractivity contribution in [3.8, 4) is 0 Å². The van der Waals surface area contributed by atoms with Gasteiger partial charge in [0.05, 0.1) is 0 Å². The van der Waals surface area contributed by atoms with Gasteiger partial charge in [0, 0.05) is 0 Å². The Balaban J connectivity index is 1.79. The van der Waals surface area contributed by atoms with Gasteiger partial charge in [0.25, 0.3) is 0 Å². The van der Waals surface area contributed by atoms with Crippen LogP contribution in [-0.2, 0) is 4.79 Å². The summed E-state index contributed by atoms with van der Waals surface area (Å²) in [4.78, 5) is 15.9. The van der Waals surface area contributed by atoms with E-state index in [1.54, 1.807) is 17.0 Å². The van der Waals surface area contributed by atoms with Gasteiger partial charge in [-0.2, -0.15) is 0 Å². The van der Waals surface area contributed by atoms with E-state index < -0.39 is 5.31 Å². The van der Waals surface area contributed by atoms with Crippen molar-refractivity contribution >= 4 is 48.3 Å². The van der Waals surface area contributed by atoms with Gasteiger partial charge in [0.2, 0.25) is 0 Å². The molecule has 0 spiro atoms. The second kappa shape index (κ2) is 8.52. The molecule has 1 atom stereocenters. The molecule has 1 amide bonds. The SMILES string of the molecule is O=C1C(P(Br)(c2ccccc2)(c2ccccc2)c2ccccc2)CCN1c1cccc(F)c1. The Hall–Kier alpha value is -2.81. The molecule has 0 N–H and O–H groups in total. The summed E-state index contributed by atoms with van der Waals surface area (Å²) in [5, 5.41) is -0.106. The molecule has 1 aliphatic heterocycles. The van der Waals surface area contributed by atoms with E-state index in [0.717, 1.165) is 15.9 Å². The maximum absolute atomic E-state index is 14.2. The van der Waals surface area contributed by atoms with Crippen LogP contribution >= 0.6 is 20.8 Å². The molecule has 4 aromatic rings. The molecule has 0 saturated carbocycles. The molecule has 5 heteroatoms. The minimum absolute atomic E-state index is 0.0201. The molecule has 166 valence electrons. The van der Waals surface area contributed by atoms with E-state index in [4.69, 9.17) is 0 Å². The first kappa shape index (κ1) is 22.0. The Kier molecular flexibility index (Phi) is 5.68. The van der Waals surface area contributed by atoms with Gasteiger partial charge in [0.1, 0.15) is 0 Å². The zero-order chi connectivity index (χ0) is 22.9. The maximum atomic E-state index is 14.2. The second-order valence-corrected chi connectivity index (χ2v) is 17.1. The average Bonchev–Trinajstić information content (AvgIpc) is 3.27. The minimum atomic E-state index is -3.44. The van der Waals surface area contributed by atoms with E-state index in [1.165, 1.54) is 12.1 Å². The van der Waals surface area contributed by atoms with E-state index >= 15 is 0 Å². The molecule has 4 aromatic carbocycles. The standard InChI is InChI=1S/C28H24BrFNOP/c29-33(24-13-4-1-5-14-24,25-15-6-2-7-16-25,26-17-8-3-9-18-26)27-19-20-31(28(27)32)23-12-10-11-22(30)21-23/h1-18,21,27H,19-20H2. The van der Waals surface area contributed by atoms with Crippen LogP contribution in [0.1, 0.15) is 6.42 Å². The number of amides is 1. The molecule has 1 unspecified atom stereocenters. The van der Waals surface area contributed by atoms with Crippen LogP contribution in [0.4, 0.5) is 10.1 Å². The number of nitrogens with zero attached hydrogens (tertiary/aromatic N) is 1. The summed E-state index contributed by atoms with van der Waals surface area (Å²) < 4.78 is 14.0. The number of rotatable bonds is 5. The molecule has 1 aliphatic rings. The number of hydrogen-bond donors (Lipinski definition) is 0. The van der Waals surface area contributed by atoms with E-state index in [2.05, 4.69) is 51.9 Å². The monoisotopic (exact) mass is 519 g/mol. The molecule has 2 nitrogen and oxygen atoms in total. The number of hydrogen-bond acceptors (Lipinski definition) is 1. The van der Waals surface area contributed by atoms with Crippen LogP contribution in [0.3, 0.4) is 0 Å². The summed E-state index contributed by atoms with van der Waals surface area (Å²) in [6, 6.07) is 37.3. The predicted molar refractivity (Wildman–Crippen MR) is 141 cm³/mol. The van der Waals surface area contributed by atoms with Gasteiger partial charge in [-0.25, -0.2) is 0 Å². The second-order valence-electron chi connectivity index (χ2n) is 8.35. The van der Waals surface area contributed by atoms with Crippen LogP contribution in [-0.4, -0.2) is 18.1 Å². The van der Waals surface area contributed by atoms with E-state index in [9.17, 15) is 9.18 Å². The third kappa shape index (κ3) is 3.36. The summed E-state index contributed by atoms with van der Waals surface area (Å²) in [7, 11) is 0. The summed E-state index contributed by atoms with van der Waals surface area (Å²) in [6.45, 7) is 0.545. The number of carbonyl (C=O) groups is 1. The van der Waals surface area contributed by atoms with Crippen LogP contribution in [0.2, 0.25) is 0 Å². The van der Waals surface area contributed by atoms with Crippen LogP contribution in [0.25, 0.3) is 0 Å². The Labute approximate surface area is 201 Å². The topological polar surface area (TPSA) is 20.3 Å². The first-order chi connectivity index (χ1) is 16.0. The molecule has 33 heavy (non-hydrogen) atoms. The molecule has 1 fully saturated rings. The summed E-state index contributed by atoms with van der Waals surface area (Å²) in [5.74, 6) is -0.319. The van der Waals surface area contributed by atoms with Gasteiger partial charge in [-0.1, -0.05) is 0 Å². The molecule has 0 radical (unpaired) electrons. The van der Waals surface area contributed by atoms with Crippen molar-refractivity contribution in [3.63, 3.8) is 0 Å². The Morgan fingerprint density at radius 3 is 1.67 bits per heavy atom. The van der Waals surface area contributed by atoms with Crippen molar-refractivity contribution < 1.29 is 9.18 Å². The number of anilines is 1. The normalized spacial score (nSPS) is 17.5. The van der Waals surface area contributed by atoms with Crippen molar-refractivity contribution in [1.82, 2.24) is 0 Å². The fraction of sp³-hybridized carbons (Fsp3) is 0.107. The molecule has 0 bridgehead atoms. The molecule has 1 saturated heterocycles. The van der Waals surface area contributed by atoms with Gasteiger partial charge < -0.3 is 0 Å². The van der Waals surface area contributed by atoms with Gasteiger partial charge in [-0.05, 0) is 0 Å². The molecular weight excluding hydrogens is 496 g/mol. The molecule has 1 heterocycles. The van der Waals surface area contributed by atoms with Gasteiger partial charge >= 0.3 is 202 Å². The van der Waals surface area contributed by atoms with Crippen LogP contribution < -0.4 is 20.8 Å². The average molecular weight is 520 g/mol. The van der Waals surface area contributed by atoms with Crippen molar-refractivity contribution in [2.75, 3.05) is 11.4 Å². The fourth-order valence-electron chi connectivity index (χ4n) is 5.16. The molecule has 5 rings (SSSR count). The molecular formula is C28H24BrFNOP. The van der Waals surface area contributed by atoms with E-state index in [0.29, 0.717) is 18.7 Å². The Bertz CT molecular complexity index is 1180. The zero-order valence-corrected chi connectivity index (χ0v) is 20.5. The number of benzene rings is 4. The van der Waals surface area contributed by atoms with Crippen LogP contribution in [0.5, 0.6) is 0 Å². The van der Waals surface area contributed by atoms with Gasteiger partial charge in [-0.3, -0.25) is 0 Å². The van der Waals surface area contributed by atoms with Gasteiger partial charge in [-0.15, -0.1) is 0 Å². The van der Waals surface area contributed by atoms with Crippen molar-refractivity contribution in [1.29, 1.82) is 0 Å². The summed E-state index contributed by atoms with van der Waals surface area (Å²) in [5.41, 5.74) is 0.278. The third-order valence-electron chi connectivity index (χ3n) is 6.67.